The van der Waals surface area contributed by atoms with Crippen molar-refractivity contribution < 1.29 is 9.53 Å². The minimum absolute atomic E-state index is 0.176. The standard InChI is InChI=1S/C12H14N2O2S/c1-13-12-14-9-5-3-8(7-10(9)17-12)4-6-11(15)16-2/h3,5,7H,4,6H2,1-2H3,(H,13,14). The lowest BCUT2D eigenvalue weighted by Gasteiger charge is -2.00. The molecule has 1 aromatic carbocycles. The van der Waals surface area contributed by atoms with Crippen molar-refractivity contribution in [2.24, 2.45) is 0 Å². The molecule has 0 saturated carbocycles. The summed E-state index contributed by atoms with van der Waals surface area (Å²) in [5.74, 6) is -0.176. The molecule has 5 heteroatoms. The minimum Gasteiger partial charge on any atom is -0.469 e. The number of nitrogens with one attached hydrogen (secondary N) is 1. The van der Waals surface area contributed by atoms with Gasteiger partial charge in [-0.2, -0.15) is 0 Å². The van der Waals surface area contributed by atoms with E-state index < -0.39 is 0 Å². The van der Waals surface area contributed by atoms with Crippen LogP contribution in [0, 0.1) is 0 Å². The molecular formula is C12H14N2O2S. The van der Waals surface area contributed by atoms with Crippen molar-refractivity contribution in [1.29, 1.82) is 0 Å². The number of ether oxygens (including phenoxy) is 1. The second-order valence-corrected chi connectivity index (χ2v) is 4.68. The van der Waals surface area contributed by atoms with Crippen LogP contribution in [0.15, 0.2) is 18.2 Å². The highest BCUT2D eigenvalue weighted by Gasteiger charge is 2.05. The average Bonchev–Trinajstić information content (AvgIpc) is 2.77. The molecule has 1 heterocycles. The topological polar surface area (TPSA) is 51.2 Å². The first-order valence-electron chi connectivity index (χ1n) is 5.37. The van der Waals surface area contributed by atoms with Gasteiger partial charge < -0.3 is 10.1 Å². The molecule has 0 fully saturated rings. The van der Waals surface area contributed by atoms with E-state index in [-0.39, 0.29) is 5.97 Å². The number of hydrogen-bond acceptors (Lipinski definition) is 5. The quantitative estimate of drug-likeness (QED) is 0.847. The van der Waals surface area contributed by atoms with E-state index in [1.165, 1.54) is 7.11 Å². The van der Waals surface area contributed by atoms with Crippen molar-refractivity contribution in [2.45, 2.75) is 12.8 Å². The minimum atomic E-state index is -0.176. The van der Waals surface area contributed by atoms with Crippen LogP contribution in [0.25, 0.3) is 10.2 Å². The van der Waals surface area contributed by atoms with E-state index in [2.05, 4.69) is 21.1 Å². The average molecular weight is 250 g/mol. The highest BCUT2D eigenvalue weighted by molar-refractivity contribution is 7.22. The second kappa shape index (κ2) is 5.14. The maximum absolute atomic E-state index is 11.1. The zero-order valence-electron chi connectivity index (χ0n) is 9.82. The number of nitrogens with zero attached hydrogens (tertiary/aromatic N) is 1. The van der Waals surface area contributed by atoms with E-state index in [9.17, 15) is 4.79 Å². The van der Waals surface area contributed by atoms with Crippen molar-refractivity contribution in [3.05, 3.63) is 23.8 Å². The molecule has 0 saturated heterocycles. The maximum Gasteiger partial charge on any atom is 0.305 e. The van der Waals surface area contributed by atoms with Crippen LogP contribution in [0.5, 0.6) is 0 Å². The third-order valence-corrected chi connectivity index (χ3v) is 3.55. The van der Waals surface area contributed by atoms with Gasteiger partial charge in [0.2, 0.25) is 0 Å². The van der Waals surface area contributed by atoms with Gasteiger partial charge in [0, 0.05) is 13.5 Å². The normalized spacial score (nSPS) is 10.5. The molecule has 0 aliphatic rings. The summed E-state index contributed by atoms with van der Waals surface area (Å²) in [6, 6.07) is 6.07. The number of carbonyl (C=O) groups excluding carboxylic acids is 1. The van der Waals surface area contributed by atoms with E-state index in [1.807, 2.05) is 19.2 Å². The van der Waals surface area contributed by atoms with Gasteiger partial charge in [0.15, 0.2) is 5.13 Å². The van der Waals surface area contributed by atoms with Crippen molar-refractivity contribution in [2.75, 3.05) is 19.5 Å². The van der Waals surface area contributed by atoms with E-state index in [1.54, 1.807) is 11.3 Å². The zero-order chi connectivity index (χ0) is 12.3. The van der Waals surface area contributed by atoms with E-state index in [0.29, 0.717) is 12.8 Å². The number of fused-ring (bicyclic) bond motifs is 1. The van der Waals surface area contributed by atoms with Crippen LogP contribution >= 0.6 is 11.3 Å². The Morgan fingerprint density at radius 1 is 1.53 bits per heavy atom. The van der Waals surface area contributed by atoms with E-state index >= 15 is 0 Å². The Morgan fingerprint density at radius 2 is 2.35 bits per heavy atom. The number of aryl methyl sites for hydroxylation is 1. The first kappa shape index (κ1) is 11.9. The highest BCUT2D eigenvalue weighted by atomic mass is 32.1. The first-order valence-corrected chi connectivity index (χ1v) is 6.18. The third kappa shape index (κ3) is 2.74. The number of carbonyl (C=O) groups is 1. The fraction of sp³-hybridized carbons (Fsp3) is 0.333. The van der Waals surface area contributed by atoms with Crippen molar-refractivity contribution in [1.82, 2.24) is 4.98 Å². The Bertz CT molecular complexity index is 536. The Balaban J connectivity index is 2.16. The van der Waals surface area contributed by atoms with Crippen molar-refractivity contribution >= 4 is 32.7 Å². The fourth-order valence-electron chi connectivity index (χ4n) is 1.58. The Hall–Kier alpha value is -1.62. The number of benzene rings is 1. The predicted octanol–water partition coefficient (Wildman–Crippen LogP) is 2.44. The fourth-order valence-corrected chi connectivity index (χ4v) is 2.46. The molecule has 0 amide bonds. The molecule has 0 aliphatic carbocycles. The van der Waals surface area contributed by atoms with Crippen LogP contribution in [0.3, 0.4) is 0 Å². The summed E-state index contributed by atoms with van der Waals surface area (Å²) in [5, 5.41) is 3.94. The lowest BCUT2D eigenvalue weighted by Crippen LogP contribution is -2.01. The molecule has 0 unspecified atom stereocenters. The first-order chi connectivity index (χ1) is 8.22. The SMILES string of the molecule is CNc1nc2ccc(CCC(=O)OC)cc2s1. The Morgan fingerprint density at radius 3 is 3.06 bits per heavy atom. The summed E-state index contributed by atoms with van der Waals surface area (Å²) in [4.78, 5) is 15.5. The number of aromatic nitrogens is 1. The molecule has 2 aromatic rings. The Labute approximate surface area is 104 Å². The van der Waals surface area contributed by atoms with Gasteiger partial charge >= 0.3 is 5.97 Å². The van der Waals surface area contributed by atoms with Gasteiger partial charge in [-0.05, 0) is 24.1 Å². The summed E-state index contributed by atoms with van der Waals surface area (Å²) in [6.45, 7) is 0. The van der Waals surface area contributed by atoms with Crippen LogP contribution in [-0.2, 0) is 16.0 Å². The van der Waals surface area contributed by atoms with Gasteiger partial charge in [0.05, 0.1) is 17.3 Å². The van der Waals surface area contributed by atoms with Gasteiger partial charge in [-0.1, -0.05) is 17.4 Å². The third-order valence-electron chi connectivity index (χ3n) is 2.51. The molecular weight excluding hydrogens is 236 g/mol. The summed E-state index contributed by atoms with van der Waals surface area (Å²) in [5.41, 5.74) is 2.12. The number of rotatable bonds is 4. The molecule has 0 aliphatic heterocycles. The van der Waals surface area contributed by atoms with Gasteiger partial charge in [-0.3, -0.25) is 4.79 Å². The molecule has 17 heavy (non-hydrogen) atoms. The van der Waals surface area contributed by atoms with Crippen molar-refractivity contribution in [3.63, 3.8) is 0 Å². The summed E-state index contributed by atoms with van der Waals surface area (Å²) in [6.07, 6.45) is 1.12. The second-order valence-electron chi connectivity index (χ2n) is 3.65. The molecule has 0 radical (unpaired) electrons. The van der Waals surface area contributed by atoms with E-state index in [0.717, 1.165) is 20.9 Å². The molecule has 0 bridgehead atoms. The molecule has 1 N–H and O–H groups in total. The summed E-state index contributed by atoms with van der Waals surface area (Å²) < 4.78 is 5.76. The number of hydrogen-bond donors (Lipinski definition) is 1. The number of esters is 1. The molecule has 0 spiro atoms. The van der Waals surface area contributed by atoms with Gasteiger partial charge in [-0.15, -0.1) is 0 Å². The van der Waals surface area contributed by atoms with Gasteiger partial charge in [0.1, 0.15) is 0 Å². The summed E-state index contributed by atoms with van der Waals surface area (Å²) in [7, 11) is 3.27. The molecule has 0 atom stereocenters. The van der Waals surface area contributed by atoms with Gasteiger partial charge in [0.25, 0.3) is 0 Å². The molecule has 1 aromatic heterocycles. The lowest BCUT2D eigenvalue weighted by molar-refractivity contribution is -0.140. The van der Waals surface area contributed by atoms with Crippen molar-refractivity contribution in [3.8, 4) is 0 Å². The number of thiazole rings is 1. The van der Waals surface area contributed by atoms with E-state index in [4.69, 9.17) is 0 Å². The van der Waals surface area contributed by atoms with Crippen LogP contribution < -0.4 is 5.32 Å². The number of methoxy groups -OCH3 is 1. The monoisotopic (exact) mass is 250 g/mol. The molecule has 4 nitrogen and oxygen atoms in total. The largest absolute Gasteiger partial charge is 0.469 e. The number of anilines is 1. The van der Waals surface area contributed by atoms with Crippen LogP contribution in [0.4, 0.5) is 5.13 Å². The van der Waals surface area contributed by atoms with Crippen LogP contribution in [-0.4, -0.2) is 25.1 Å². The zero-order valence-corrected chi connectivity index (χ0v) is 10.6. The lowest BCUT2D eigenvalue weighted by atomic mass is 10.1. The van der Waals surface area contributed by atoms with Crippen LogP contribution in [0.1, 0.15) is 12.0 Å². The highest BCUT2D eigenvalue weighted by Crippen LogP contribution is 2.26. The van der Waals surface area contributed by atoms with Crippen LogP contribution in [0.2, 0.25) is 0 Å². The Kier molecular flexibility index (Phi) is 3.58. The summed E-state index contributed by atoms with van der Waals surface area (Å²) >= 11 is 1.61. The molecule has 2 rings (SSSR count). The maximum atomic E-state index is 11.1. The predicted molar refractivity (Wildman–Crippen MR) is 69.5 cm³/mol. The molecule has 90 valence electrons. The van der Waals surface area contributed by atoms with Gasteiger partial charge in [-0.25, -0.2) is 4.98 Å². The smallest absolute Gasteiger partial charge is 0.305 e.